The Morgan fingerprint density at radius 1 is 0.971 bits per heavy atom. The molecule has 3 N–H and O–H groups in total. The fourth-order valence-electron chi connectivity index (χ4n) is 5.57. The van der Waals surface area contributed by atoms with Crippen LogP contribution in [0.15, 0.2) is 54.6 Å². The van der Waals surface area contributed by atoms with Gasteiger partial charge in [0, 0.05) is 12.0 Å². The van der Waals surface area contributed by atoms with E-state index in [1.807, 2.05) is 30.3 Å². The summed E-state index contributed by atoms with van der Waals surface area (Å²) in [7, 11) is 1.56. The highest BCUT2D eigenvalue weighted by atomic mass is 16.6. The van der Waals surface area contributed by atoms with Crippen molar-refractivity contribution in [2.75, 3.05) is 20.3 Å². The normalized spacial score (nSPS) is 23.3. The monoisotopic (exact) mass is 480 g/mol. The molecule has 4 rings (SSSR count). The molecule has 2 fully saturated rings. The van der Waals surface area contributed by atoms with Crippen LogP contribution in [-0.4, -0.2) is 49.0 Å². The van der Waals surface area contributed by atoms with Crippen molar-refractivity contribution >= 4 is 12.0 Å². The molecule has 0 spiro atoms. The van der Waals surface area contributed by atoms with E-state index in [-0.39, 0.29) is 24.0 Å². The van der Waals surface area contributed by atoms with Crippen molar-refractivity contribution in [2.24, 2.45) is 0 Å². The molecule has 0 bridgehead atoms. The minimum atomic E-state index is -0.539. The van der Waals surface area contributed by atoms with Gasteiger partial charge in [0.15, 0.2) is 0 Å². The Morgan fingerprint density at radius 3 is 2.29 bits per heavy atom. The molecule has 35 heavy (non-hydrogen) atoms. The average molecular weight is 481 g/mol. The van der Waals surface area contributed by atoms with E-state index in [0.717, 1.165) is 38.5 Å². The van der Waals surface area contributed by atoms with E-state index in [1.165, 1.54) is 5.56 Å². The lowest BCUT2D eigenvalue weighted by Crippen LogP contribution is -2.51. The highest BCUT2D eigenvalue weighted by Crippen LogP contribution is 2.40. The van der Waals surface area contributed by atoms with Gasteiger partial charge in [-0.3, -0.25) is 4.79 Å². The Bertz CT molecular complexity index is 995. The van der Waals surface area contributed by atoms with E-state index >= 15 is 0 Å². The number of rotatable bonds is 8. The number of alkyl carbamates (subject to hydrolysis) is 1. The number of aliphatic hydroxyl groups excluding tert-OH is 1. The molecule has 2 aromatic rings. The molecule has 7 nitrogen and oxygen atoms in total. The van der Waals surface area contributed by atoms with E-state index in [1.54, 1.807) is 19.2 Å². The number of hydrogen-bond donors (Lipinski definition) is 3. The van der Waals surface area contributed by atoms with E-state index in [4.69, 9.17) is 9.47 Å². The van der Waals surface area contributed by atoms with Crippen molar-refractivity contribution in [1.82, 2.24) is 10.6 Å². The first-order valence-electron chi connectivity index (χ1n) is 12.6. The fourth-order valence-corrected chi connectivity index (χ4v) is 5.57. The van der Waals surface area contributed by atoms with E-state index in [2.05, 4.69) is 22.8 Å². The number of carbonyl (C=O) groups excluding carboxylic acids is 2. The lowest BCUT2D eigenvalue weighted by Gasteiger charge is -2.41. The van der Waals surface area contributed by atoms with Crippen LogP contribution in [0.3, 0.4) is 0 Å². The molecule has 7 heteroatoms. The quantitative estimate of drug-likeness (QED) is 0.522. The summed E-state index contributed by atoms with van der Waals surface area (Å²) in [5.41, 5.74) is 0.903. The van der Waals surface area contributed by atoms with Crippen LogP contribution in [0.1, 0.15) is 67.3 Å². The maximum absolute atomic E-state index is 13.0. The van der Waals surface area contributed by atoms with Crippen LogP contribution in [0.25, 0.3) is 0 Å². The van der Waals surface area contributed by atoms with Crippen LogP contribution in [-0.2, 0) is 10.2 Å². The van der Waals surface area contributed by atoms with Gasteiger partial charge in [0.1, 0.15) is 11.9 Å². The molecule has 0 aliphatic heterocycles. The fraction of sp³-hybridized carbons (Fsp3) is 0.500. The van der Waals surface area contributed by atoms with Crippen molar-refractivity contribution in [3.63, 3.8) is 0 Å². The summed E-state index contributed by atoms with van der Waals surface area (Å²) >= 11 is 0. The lowest BCUT2D eigenvalue weighted by atomic mass is 9.68. The summed E-state index contributed by atoms with van der Waals surface area (Å²) in [6.45, 7) is 0.427. The van der Waals surface area contributed by atoms with Crippen LogP contribution in [0.2, 0.25) is 0 Å². The zero-order chi connectivity index (χ0) is 24.7. The molecule has 2 saturated carbocycles. The lowest BCUT2D eigenvalue weighted by molar-refractivity contribution is 0.0458. The van der Waals surface area contributed by atoms with Gasteiger partial charge < -0.3 is 25.2 Å². The smallest absolute Gasteiger partial charge is 0.407 e. The third-order valence-electron chi connectivity index (χ3n) is 7.72. The van der Waals surface area contributed by atoms with E-state index in [9.17, 15) is 14.7 Å². The largest absolute Gasteiger partial charge is 0.496 e. The first-order chi connectivity index (χ1) is 17.0. The van der Waals surface area contributed by atoms with Gasteiger partial charge in [0.2, 0.25) is 0 Å². The highest BCUT2D eigenvalue weighted by Gasteiger charge is 2.40. The summed E-state index contributed by atoms with van der Waals surface area (Å²) in [4.78, 5) is 25.6. The molecule has 2 amide bonds. The van der Waals surface area contributed by atoms with Gasteiger partial charge in [-0.1, -0.05) is 55.3 Å². The minimum absolute atomic E-state index is 0.0597. The number of benzene rings is 2. The van der Waals surface area contributed by atoms with Crippen LogP contribution in [0.5, 0.6) is 5.75 Å². The number of carbonyl (C=O) groups is 2. The summed E-state index contributed by atoms with van der Waals surface area (Å²) in [6, 6.07) is 17.4. The van der Waals surface area contributed by atoms with E-state index < -0.39 is 11.6 Å². The van der Waals surface area contributed by atoms with Crippen LogP contribution < -0.4 is 15.4 Å². The summed E-state index contributed by atoms with van der Waals surface area (Å²) < 4.78 is 11.1. The Kier molecular flexibility index (Phi) is 7.96. The molecule has 0 heterocycles. The molecule has 0 saturated heterocycles. The van der Waals surface area contributed by atoms with Crippen molar-refractivity contribution in [2.45, 2.75) is 68.4 Å². The topological polar surface area (TPSA) is 96.9 Å². The Labute approximate surface area is 207 Å². The van der Waals surface area contributed by atoms with Gasteiger partial charge >= 0.3 is 6.09 Å². The van der Waals surface area contributed by atoms with Gasteiger partial charge in [-0.25, -0.2) is 4.79 Å². The molecule has 0 aromatic heterocycles. The predicted octanol–water partition coefficient (Wildman–Crippen LogP) is 4.34. The number of aliphatic hydroxyl groups is 1. The standard InChI is InChI=1S/C28H36N2O5/c1-34-24-12-6-5-11-23(24)25(32)29-19-27(21-9-3-2-4-10-21)17-13-22(14-18-27)35-26(33)30-28(20-31)15-7-8-16-28/h2-6,9-12,22,31H,7-8,13-20H2,1H3,(H,29,32)(H,30,33). The number of methoxy groups -OCH3 is 1. The molecule has 0 radical (unpaired) electrons. The van der Waals surface area contributed by atoms with Crippen LogP contribution in [0, 0.1) is 0 Å². The molecular weight excluding hydrogens is 444 g/mol. The predicted molar refractivity (Wildman–Crippen MR) is 134 cm³/mol. The molecular formula is C28H36N2O5. The maximum atomic E-state index is 13.0. The van der Waals surface area contributed by atoms with Crippen molar-refractivity contribution < 1.29 is 24.2 Å². The van der Waals surface area contributed by atoms with Crippen LogP contribution in [0.4, 0.5) is 4.79 Å². The number of para-hydroxylation sites is 1. The second-order valence-corrected chi connectivity index (χ2v) is 9.90. The third kappa shape index (κ3) is 5.78. The second-order valence-electron chi connectivity index (χ2n) is 9.90. The number of hydrogen-bond acceptors (Lipinski definition) is 5. The Hall–Kier alpha value is -3.06. The molecule has 2 aliphatic rings. The summed E-state index contributed by atoms with van der Waals surface area (Å²) in [5.74, 6) is 0.381. The maximum Gasteiger partial charge on any atom is 0.407 e. The molecule has 0 unspecified atom stereocenters. The number of amides is 2. The van der Waals surface area contributed by atoms with Crippen molar-refractivity contribution in [3.05, 3.63) is 65.7 Å². The van der Waals surface area contributed by atoms with Crippen molar-refractivity contribution in [3.8, 4) is 5.75 Å². The Balaban J connectivity index is 1.40. The molecule has 2 aromatic carbocycles. The molecule has 0 atom stereocenters. The Morgan fingerprint density at radius 2 is 1.63 bits per heavy atom. The van der Waals surface area contributed by atoms with Gasteiger partial charge in [-0.15, -0.1) is 0 Å². The second kappa shape index (κ2) is 11.1. The van der Waals surface area contributed by atoms with Gasteiger partial charge in [-0.05, 0) is 56.2 Å². The zero-order valence-electron chi connectivity index (χ0n) is 20.4. The number of ether oxygens (including phenoxy) is 2. The zero-order valence-corrected chi connectivity index (χ0v) is 20.4. The van der Waals surface area contributed by atoms with Gasteiger partial charge in [0.05, 0.1) is 24.8 Å². The highest BCUT2D eigenvalue weighted by molar-refractivity contribution is 5.97. The molecule has 2 aliphatic carbocycles. The number of nitrogens with one attached hydrogen (secondary N) is 2. The molecule has 188 valence electrons. The SMILES string of the molecule is COc1ccccc1C(=O)NCC1(c2ccccc2)CCC(OC(=O)NC2(CO)CCCC2)CC1. The summed E-state index contributed by atoms with van der Waals surface area (Å²) in [5, 5.41) is 15.8. The van der Waals surface area contributed by atoms with Gasteiger partial charge in [0.25, 0.3) is 5.91 Å². The third-order valence-corrected chi connectivity index (χ3v) is 7.72. The van der Waals surface area contributed by atoms with Crippen molar-refractivity contribution in [1.29, 1.82) is 0 Å². The van der Waals surface area contributed by atoms with Gasteiger partial charge in [-0.2, -0.15) is 0 Å². The average Bonchev–Trinajstić information content (AvgIpc) is 3.37. The minimum Gasteiger partial charge on any atom is -0.496 e. The first kappa shape index (κ1) is 25.0. The summed E-state index contributed by atoms with van der Waals surface area (Å²) in [6.07, 6.45) is 5.93. The van der Waals surface area contributed by atoms with E-state index in [0.29, 0.717) is 30.7 Å². The first-order valence-corrected chi connectivity index (χ1v) is 12.6. The van der Waals surface area contributed by atoms with Crippen LogP contribution >= 0.6 is 0 Å².